The number of ether oxygens (including phenoxy) is 1. The Hall–Kier alpha value is -1.73. The average molecular weight is 260 g/mol. The van der Waals surface area contributed by atoms with Gasteiger partial charge in [0.15, 0.2) is 0 Å². The summed E-state index contributed by atoms with van der Waals surface area (Å²) in [5.74, 6) is 0.766. The summed E-state index contributed by atoms with van der Waals surface area (Å²) in [7, 11) is 1.63. The first-order valence-corrected chi connectivity index (χ1v) is 6.75. The van der Waals surface area contributed by atoms with E-state index in [9.17, 15) is 10.4 Å². The van der Waals surface area contributed by atoms with Crippen LogP contribution in [-0.4, -0.2) is 31.4 Å². The molecule has 0 aromatic heterocycles. The van der Waals surface area contributed by atoms with Crippen LogP contribution in [0.1, 0.15) is 31.2 Å². The van der Waals surface area contributed by atoms with Gasteiger partial charge in [-0.2, -0.15) is 5.26 Å². The van der Waals surface area contributed by atoms with Crippen LogP contribution < -0.4 is 9.64 Å². The number of nitrogens with zero attached hydrogens (tertiary/aromatic N) is 2. The standard InChI is InChI=1S/C15H20N2O2/c1-19-14-6-5-12(11-16)15(10-14)17-8-3-2-4-13(17)7-9-18/h5-6,10,13,18H,2-4,7-9H2,1H3. The fourth-order valence-electron chi connectivity index (χ4n) is 2.74. The maximum atomic E-state index is 9.26. The summed E-state index contributed by atoms with van der Waals surface area (Å²) in [4.78, 5) is 2.25. The Morgan fingerprint density at radius 1 is 1.47 bits per heavy atom. The van der Waals surface area contributed by atoms with Gasteiger partial charge in [-0.15, -0.1) is 0 Å². The minimum Gasteiger partial charge on any atom is -0.497 e. The van der Waals surface area contributed by atoms with Crippen LogP contribution >= 0.6 is 0 Å². The molecule has 0 aliphatic carbocycles. The number of anilines is 1. The molecule has 1 saturated heterocycles. The normalized spacial score (nSPS) is 19.0. The second-order valence-corrected chi connectivity index (χ2v) is 4.85. The largest absolute Gasteiger partial charge is 0.497 e. The Balaban J connectivity index is 2.34. The SMILES string of the molecule is COc1ccc(C#N)c(N2CCCCC2CCO)c1. The van der Waals surface area contributed by atoms with Gasteiger partial charge < -0.3 is 14.7 Å². The molecule has 102 valence electrons. The molecular weight excluding hydrogens is 240 g/mol. The maximum Gasteiger partial charge on any atom is 0.121 e. The van der Waals surface area contributed by atoms with Crippen LogP contribution in [0.25, 0.3) is 0 Å². The van der Waals surface area contributed by atoms with Gasteiger partial charge in [0.2, 0.25) is 0 Å². The Morgan fingerprint density at radius 3 is 3.00 bits per heavy atom. The van der Waals surface area contributed by atoms with Gasteiger partial charge in [-0.1, -0.05) is 0 Å². The number of aliphatic hydroxyl groups excluding tert-OH is 1. The highest BCUT2D eigenvalue weighted by Gasteiger charge is 2.24. The second-order valence-electron chi connectivity index (χ2n) is 4.85. The topological polar surface area (TPSA) is 56.5 Å². The summed E-state index contributed by atoms with van der Waals surface area (Å²) < 4.78 is 5.25. The fourth-order valence-corrected chi connectivity index (χ4v) is 2.74. The van der Waals surface area contributed by atoms with Crippen LogP contribution in [0.15, 0.2) is 18.2 Å². The van der Waals surface area contributed by atoms with Crippen LogP contribution in [0, 0.1) is 11.3 Å². The number of benzene rings is 1. The molecule has 4 nitrogen and oxygen atoms in total. The summed E-state index contributed by atoms with van der Waals surface area (Å²) >= 11 is 0. The summed E-state index contributed by atoms with van der Waals surface area (Å²) in [5.41, 5.74) is 1.60. The lowest BCUT2D eigenvalue weighted by molar-refractivity contribution is 0.262. The van der Waals surface area contributed by atoms with Crippen molar-refractivity contribution in [2.75, 3.05) is 25.2 Å². The van der Waals surface area contributed by atoms with Gasteiger partial charge >= 0.3 is 0 Å². The summed E-state index contributed by atoms with van der Waals surface area (Å²) in [6.45, 7) is 1.12. The first-order chi connectivity index (χ1) is 9.30. The Kier molecular flexibility index (Phi) is 4.64. The van der Waals surface area contributed by atoms with Gasteiger partial charge in [0.1, 0.15) is 11.8 Å². The summed E-state index contributed by atoms with van der Waals surface area (Å²) in [6, 6.07) is 8.11. The van der Waals surface area contributed by atoms with Crippen molar-refractivity contribution in [3.8, 4) is 11.8 Å². The molecule has 0 saturated carbocycles. The van der Waals surface area contributed by atoms with Crippen molar-refractivity contribution < 1.29 is 9.84 Å². The number of rotatable bonds is 4. The lowest BCUT2D eigenvalue weighted by Gasteiger charge is -2.38. The van der Waals surface area contributed by atoms with E-state index in [0.29, 0.717) is 11.6 Å². The van der Waals surface area contributed by atoms with Crippen molar-refractivity contribution in [2.45, 2.75) is 31.7 Å². The molecule has 1 aliphatic rings. The molecule has 1 aliphatic heterocycles. The van der Waals surface area contributed by atoms with Gasteiger partial charge in [0.25, 0.3) is 0 Å². The first-order valence-electron chi connectivity index (χ1n) is 6.75. The third kappa shape index (κ3) is 2.99. The number of aliphatic hydroxyl groups is 1. The highest BCUT2D eigenvalue weighted by Crippen LogP contribution is 2.31. The van der Waals surface area contributed by atoms with Crippen LogP contribution in [0.5, 0.6) is 5.75 Å². The quantitative estimate of drug-likeness (QED) is 0.902. The lowest BCUT2D eigenvalue weighted by Crippen LogP contribution is -2.40. The summed E-state index contributed by atoms with van der Waals surface area (Å²) in [6.07, 6.45) is 4.14. The Bertz CT molecular complexity index is 466. The molecule has 2 rings (SSSR count). The average Bonchev–Trinajstić information content (AvgIpc) is 2.47. The Morgan fingerprint density at radius 2 is 2.32 bits per heavy atom. The van der Waals surface area contributed by atoms with Gasteiger partial charge in [-0.3, -0.25) is 0 Å². The lowest BCUT2D eigenvalue weighted by atomic mass is 9.97. The van der Waals surface area contributed by atoms with Crippen LogP contribution in [0.3, 0.4) is 0 Å². The molecule has 1 N–H and O–H groups in total. The van der Waals surface area contributed by atoms with Crippen LogP contribution in [-0.2, 0) is 0 Å². The van der Waals surface area contributed by atoms with E-state index in [-0.39, 0.29) is 6.61 Å². The van der Waals surface area contributed by atoms with Crippen molar-refractivity contribution in [1.82, 2.24) is 0 Å². The fraction of sp³-hybridized carbons (Fsp3) is 0.533. The third-order valence-electron chi connectivity index (χ3n) is 3.72. The highest BCUT2D eigenvalue weighted by molar-refractivity contribution is 5.63. The molecule has 0 bridgehead atoms. The molecule has 0 spiro atoms. The number of hydrogen-bond donors (Lipinski definition) is 1. The van der Waals surface area contributed by atoms with Gasteiger partial charge in [0, 0.05) is 25.3 Å². The smallest absolute Gasteiger partial charge is 0.121 e. The van der Waals surface area contributed by atoms with E-state index in [2.05, 4.69) is 11.0 Å². The minimum atomic E-state index is 0.188. The van der Waals surface area contributed by atoms with Gasteiger partial charge in [-0.05, 0) is 37.8 Å². The minimum absolute atomic E-state index is 0.188. The molecule has 1 aromatic rings. The maximum absolute atomic E-state index is 9.26. The molecule has 4 heteroatoms. The number of methoxy groups -OCH3 is 1. The summed E-state index contributed by atoms with van der Waals surface area (Å²) in [5, 5.41) is 18.5. The zero-order chi connectivity index (χ0) is 13.7. The highest BCUT2D eigenvalue weighted by atomic mass is 16.5. The second kappa shape index (κ2) is 6.44. The van der Waals surface area contributed by atoms with Crippen LogP contribution in [0.2, 0.25) is 0 Å². The molecule has 1 heterocycles. The van der Waals surface area contributed by atoms with E-state index in [1.54, 1.807) is 13.2 Å². The van der Waals surface area contributed by atoms with Crippen LogP contribution in [0.4, 0.5) is 5.69 Å². The number of hydrogen-bond acceptors (Lipinski definition) is 4. The van der Waals surface area contributed by atoms with E-state index >= 15 is 0 Å². The molecule has 0 amide bonds. The van der Waals surface area contributed by atoms with E-state index in [0.717, 1.165) is 37.2 Å². The van der Waals surface area contributed by atoms with E-state index in [1.807, 2.05) is 12.1 Å². The molecule has 1 fully saturated rings. The van der Waals surface area contributed by atoms with Crippen molar-refractivity contribution in [2.24, 2.45) is 0 Å². The van der Waals surface area contributed by atoms with Crippen molar-refractivity contribution in [3.63, 3.8) is 0 Å². The predicted octanol–water partition coefficient (Wildman–Crippen LogP) is 2.31. The van der Waals surface area contributed by atoms with Crippen molar-refractivity contribution in [3.05, 3.63) is 23.8 Å². The van der Waals surface area contributed by atoms with Crippen molar-refractivity contribution >= 4 is 5.69 Å². The van der Waals surface area contributed by atoms with E-state index in [1.165, 1.54) is 6.42 Å². The Labute approximate surface area is 114 Å². The van der Waals surface area contributed by atoms with Gasteiger partial charge in [0.05, 0.1) is 18.4 Å². The van der Waals surface area contributed by atoms with Gasteiger partial charge in [-0.25, -0.2) is 0 Å². The number of nitriles is 1. The predicted molar refractivity (Wildman–Crippen MR) is 74.4 cm³/mol. The molecule has 0 radical (unpaired) electrons. The van der Waals surface area contributed by atoms with E-state index < -0.39 is 0 Å². The zero-order valence-electron chi connectivity index (χ0n) is 11.3. The molecule has 1 unspecified atom stereocenters. The van der Waals surface area contributed by atoms with E-state index in [4.69, 9.17) is 4.74 Å². The molecular formula is C15H20N2O2. The van der Waals surface area contributed by atoms with Crippen molar-refractivity contribution in [1.29, 1.82) is 5.26 Å². The molecule has 1 aromatic carbocycles. The monoisotopic (exact) mass is 260 g/mol. The third-order valence-corrected chi connectivity index (χ3v) is 3.72. The zero-order valence-corrected chi connectivity index (χ0v) is 11.3. The first kappa shape index (κ1) is 13.7. The molecule has 1 atom stereocenters. The number of piperidine rings is 1. The molecule has 19 heavy (non-hydrogen) atoms.